The number of nitrogens with one attached hydrogen (secondary N) is 1. The van der Waals surface area contributed by atoms with Crippen molar-refractivity contribution in [1.82, 2.24) is 0 Å². The molecule has 0 spiro atoms. The van der Waals surface area contributed by atoms with Crippen molar-refractivity contribution in [2.24, 2.45) is 0 Å². The smallest absolute Gasteiger partial charge is 0.146 e. The largest absolute Gasteiger partial charge is 0.376 e. The summed E-state index contributed by atoms with van der Waals surface area (Å²) >= 11 is 3.32. The first-order valence-electron chi connectivity index (χ1n) is 5.82. The number of hydrogen-bond donors (Lipinski definition) is 1. The first kappa shape index (κ1) is 13.6. The summed E-state index contributed by atoms with van der Waals surface area (Å²) in [4.78, 5) is 0. The molecule has 96 valence electrons. The highest BCUT2D eigenvalue weighted by molar-refractivity contribution is 9.10. The number of nitriles is 1. The molecule has 1 N–H and O–H groups in total. The van der Waals surface area contributed by atoms with Gasteiger partial charge in [-0.1, -0.05) is 28.1 Å². The Labute approximate surface area is 120 Å². The van der Waals surface area contributed by atoms with Gasteiger partial charge in [0.15, 0.2) is 0 Å². The van der Waals surface area contributed by atoms with E-state index in [1.165, 1.54) is 6.07 Å². The Morgan fingerprint density at radius 3 is 2.53 bits per heavy atom. The summed E-state index contributed by atoms with van der Waals surface area (Å²) in [6, 6.07) is 14.0. The van der Waals surface area contributed by atoms with Crippen LogP contribution in [0.3, 0.4) is 0 Å². The van der Waals surface area contributed by atoms with E-state index < -0.39 is 0 Å². The molecule has 2 aromatic carbocycles. The van der Waals surface area contributed by atoms with Crippen LogP contribution < -0.4 is 5.32 Å². The zero-order chi connectivity index (χ0) is 13.8. The third kappa shape index (κ3) is 3.33. The fourth-order valence-corrected chi connectivity index (χ4v) is 2.13. The van der Waals surface area contributed by atoms with Gasteiger partial charge in [0.1, 0.15) is 5.82 Å². The molecule has 0 bridgehead atoms. The van der Waals surface area contributed by atoms with Crippen LogP contribution in [0.1, 0.15) is 24.1 Å². The second kappa shape index (κ2) is 5.85. The number of benzene rings is 2. The molecule has 0 aromatic heterocycles. The summed E-state index contributed by atoms with van der Waals surface area (Å²) in [7, 11) is 0. The molecule has 0 saturated carbocycles. The summed E-state index contributed by atoms with van der Waals surface area (Å²) < 4.78 is 14.5. The van der Waals surface area contributed by atoms with Crippen molar-refractivity contribution in [2.45, 2.75) is 13.0 Å². The Bertz CT molecular complexity index is 617. The summed E-state index contributed by atoms with van der Waals surface area (Å²) in [6.07, 6.45) is 0. The molecular weight excluding hydrogens is 307 g/mol. The van der Waals surface area contributed by atoms with Crippen molar-refractivity contribution < 1.29 is 4.39 Å². The molecule has 0 aliphatic heterocycles. The number of nitrogens with zero attached hydrogens (tertiary/aromatic N) is 1. The molecule has 0 heterocycles. The Morgan fingerprint density at radius 1 is 1.21 bits per heavy atom. The predicted molar refractivity (Wildman–Crippen MR) is 77.3 cm³/mol. The molecule has 2 rings (SSSR count). The van der Waals surface area contributed by atoms with Crippen LogP contribution in [0.4, 0.5) is 10.1 Å². The highest BCUT2D eigenvalue weighted by Gasteiger charge is 2.09. The van der Waals surface area contributed by atoms with Crippen molar-refractivity contribution in [2.75, 3.05) is 5.32 Å². The van der Waals surface area contributed by atoms with Crippen molar-refractivity contribution in [1.29, 1.82) is 5.26 Å². The van der Waals surface area contributed by atoms with E-state index in [1.54, 1.807) is 24.3 Å². The van der Waals surface area contributed by atoms with Crippen LogP contribution in [-0.4, -0.2) is 0 Å². The van der Waals surface area contributed by atoms with Crippen LogP contribution in [0.25, 0.3) is 0 Å². The first-order valence-corrected chi connectivity index (χ1v) is 6.61. The molecular formula is C15H12BrFN2. The number of halogens is 2. The van der Waals surface area contributed by atoms with Crippen LogP contribution >= 0.6 is 15.9 Å². The lowest BCUT2D eigenvalue weighted by Gasteiger charge is -2.16. The first-order chi connectivity index (χ1) is 9.10. The maximum absolute atomic E-state index is 13.6. The Morgan fingerprint density at radius 2 is 1.89 bits per heavy atom. The molecule has 0 aliphatic rings. The van der Waals surface area contributed by atoms with E-state index in [9.17, 15) is 4.39 Å². The second-order valence-electron chi connectivity index (χ2n) is 4.22. The van der Waals surface area contributed by atoms with Crippen molar-refractivity contribution in [3.05, 3.63) is 63.9 Å². The van der Waals surface area contributed by atoms with E-state index >= 15 is 0 Å². The zero-order valence-corrected chi connectivity index (χ0v) is 11.9. The SMILES string of the molecule is CC(Nc1cc(Br)ccc1F)c1ccc(C#N)cc1. The molecule has 19 heavy (non-hydrogen) atoms. The van der Waals surface area contributed by atoms with Gasteiger partial charge >= 0.3 is 0 Å². The Hall–Kier alpha value is -1.86. The summed E-state index contributed by atoms with van der Waals surface area (Å²) in [6.45, 7) is 1.95. The normalized spacial score (nSPS) is 11.7. The van der Waals surface area contributed by atoms with Crippen molar-refractivity contribution in [3.63, 3.8) is 0 Å². The monoisotopic (exact) mass is 318 g/mol. The van der Waals surface area contributed by atoms with Gasteiger partial charge in [0.05, 0.1) is 17.3 Å². The molecule has 0 saturated heterocycles. The van der Waals surface area contributed by atoms with Gasteiger partial charge in [0.25, 0.3) is 0 Å². The van der Waals surface area contributed by atoms with Gasteiger partial charge in [-0.25, -0.2) is 4.39 Å². The van der Waals surface area contributed by atoms with Gasteiger partial charge in [-0.05, 0) is 42.8 Å². The maximum Gasteiger partial charge on any atom is 0.146 e. The van der Waals surface area contributed by atoms with E-state index in [0.29, 0.717) is 11.3 Å². The zero-order valence-electron chi connectivity index (χ0n) is 10.3. The number of hydrogen-bond acceptors (Lipinski definition) is 2. The van der Waals surface area contributed by atoms with E-state index in [0.717, 1.165) is 10.0 Å². The van der Waals surface area contributed by atoms with Gasteiger partial charge < -0.3 is 5.32 Å². The highest BCUT2D eigenvalue weighted by Crippen LogP contribution is 2.25. The quantitative estimate of drug-likeness (QED) is 0.895. The van der Waals surface area contributed by atoms with Crippen LogP contribution in [0, 0.1) is 17.1 Å². The minimum Gasteiger partial charge on any atom is -0.376 e. The fraction of sp³-hybridized carbons (Fsp3) is 0.133. The lowest BCUT2D eigenvalue weighted by Crippen LogP contribution is -2.07. The van der Waals surface area contributed by atoms with Crippen LogP contribution in [0.15, 0.2) is 46.9 Å². The van der Waals surface area contributed by atoms with Crippen molar-refractivity contribution in [3.8, 4) is 6.07 Å². The van der Waals surface area contributed by atoms with Crippen LogP contribution in [-0.2, 0) is 0 Å². The van der Waals surface area contributed by atoms with Gasteiger partial charge in [0, 0.05) is 10.5 Å². The third-order valence-corrected chi connectivity index (χ3v) is 3.33. The molecule has 1 unspecified atom stereocenters. The molecule has 2 aromatic rings. The third-order valence-electron chi connectivity index (χ3n) is 2.84. The van der Waals surface area contributed by atoms with E-state index in [1.807, 2.05) is 19.1 Å². The van der Waals surface area contributed by atoms with E-state index in [4.69, 9.17) is 5.26 Å². The predicted octanol–water partition coefficient (Wildman–Crippen LogP) is 4.63. The topological polar surface area (TPSA) is 35.8 Å². The summed E-state index contributed by atoms with van der Waals surface area (Å²) in [5.74, 6) is -0.288. The molecule has 0 amide bonds. The van der Waals surface area contributed by atoms with E-state index in [2.05, 4.69) is 27.3 Å². The molecule has 0 aliphatic carbocycles. The Balaban J connectivity index is 2.18. The summed E-state index contributed by atoms with van der Waals surface area (Å²) in [5, 5.41) is 11.9. The maximum atomic E-state index is 13.6. The highest BCUT2D eigenvalue weighted by atomic mass is 79.9. The average Bonchev–Trinajstić information content (AvgIpc) is 2.43. The number of anilines is 1. The lowest BCUT2D eigenvalue weighted by molar-refractivity contribution is 0.627. The van der Waals surface area contributed by atoms with Gasteiger partial charge in [-0.2, -0.15) is 5.26 Å². The standard InChI is InChI=1S/C15H12BrFN2/c1-10(12-4-2-11(9-18)3-5-12)19-15-8-13(16)6-7-14(15)17/h2-8,10,19H,1H3. The number of rotatable bonds is 3. The average molecular weight is 319 g/mol. The van der Waals surface area contributed by atoms with Crippen molar-refractivity contribution >= 4 is 21.6 Å². The molecule has 1 atom stereocenters. The molecule has 2 nitrogen and oxygen atoms in total. The van der Waals surface area contributed by atoms with Gasteiger partial charge in [-0.3, -0.25) is 0 Å². The minimum absolute atomic E-state index is 0.0449. The molecule has 4 heteroatoms. The van der Waals surface area contributed by atoms with Crippen LogP contribution in [0.5, 0.6) is 0 Å². The minimum atomic E-state index is -0.288. The van der Waals surface area contributed by atoms with Gasteiger partial charge in [-0.15, -0.1) is 0 Å². The van der Waals surface area contributed by atoms with Gasteiger partial charge in [0.2, 0.25) is 0 Å². The fourth-order valence-electron chi connectivity index (χ4n) is 1.77. The molecule has 0 radical (unpaired) electrons. The summed E-state index contributed by atoms with van der Waals surface area (Å²) in [5.41, 5.74) is 2.06. The van der Waals surface area contributed by atoms with Crippen LogP contribution in [0.2, 0.25) is 0 Å². The molecule has 0 fully saturated rings. The Kier molecular flexibility index (Phi) is 4.18. The second-order valence-corrected chi connectivity index (χ2v) is 5.14. The van der Waals surface area contributed by atoms with E-state index in [-0.39, 0.29) is 11.9 Å². The lowest BCUT2D eigenvalue weighted by atomic mass is 10.1.